The molecule has 0 aliphatic carbocycles. The van der Waals surface area contributed by atoms with Gasteiger partial charge < -0.3 is 10.5 Å². The summed E-state index contributed by atoms with van der Waals surface area (Å²) in [7, 11) is 0. The van der Waals surface area contributed by atoms with Crippen molar-refractivity contribution in [2.75, 3.05) is 0 Å². The van der Waals surface area contributed by atoms with Crippen LogP contribution in [0.3, 0.4) is 0 Å². The van der Waals surface area contributed by atoms with Gasteiger partial charge >= 0.3 is 0 Å². The van der Waals surface area contributed by atoms with E-state index in [4.69, 9.17) is 22.1 Å². The Kier molecular flexibility index (Phi) is 4.58. The second kappa shape index (κ2) is 6.18. The highest BCUT2D eigenvalue weighted by Crippen LogP contribution is 2.26. The minimum atomic E-state index is 0.368. The van der Waals surface area contributed by atoms with Crippen molar-refractivity contribution in [3.05, 3.63) is 57.2 Å². The Labute approximate surface area is 119 Å². The third kappa shape index (κ3) is 3.02. The summed E-state index contributed by atoms with van der Waals surface area (Å²) in [5.41, 5.74) is 7.44. The van der Waals surface area contributed by atoms with Crippen molar-refractivity contribution >= 4 is 27.5 Å². The van der Waals surface area contributed by atoms with Gasteiger partial charge in [-0.15, -0.1) is 0 Å². The Bertz CT molecular complexity index is 548. The van der Waals surface area contributed by atoms with Crippen molar-refractivity contribution < 1.29 is 4.74 Å². The third-order valence-electron chi connectivity index (χ3n) is 2.48. The summed E-state index contributed by atoms with van der Waals surface area (Å²) in [6.07, 6.45) is 1.64. The molecule has 2 aromatic rings. The predicted octanol–water partition coefficient (Wildman–Crippen LogP) is 3.54. The van der Waals surface area contributed by atoms with E-state index in [9.17, 15) is 0 Å². The fourth-order valence-electron chi connectivity index (χ4n) is 1.48. The standard InChI is InChI=1S/C13H12BrClN2O/c14-11-4-2-1-3-10(11)8-18-13-12(15)9(7-16)5-6-17-13/h1-6H,7-8,16H2. The molecule has 0 aliphatic heterocycles. The Morgan fingerprint density at radius 3 is 2.72 bits per heavy atom. The van der Waals surface area contributed by atoms with E-state index in [1.54, 1.807) is 12.3 Å². The van der Waals surface area contributed by atoms with Gasteiger partial charge in [0, 0.05) is 22.8 Å². The maximum atomic E-state index is 6.14. The lowest BCUT2D eigenvalue weighted by Gasteiger charge is -2.10. The molecule has 0 atom stereocenters. The first-order valence-electron chi connectivity index (χ1n) is 5.42. The molecule has 3 nitrogen and oxygen atoms in total. The summed E-state index contributed by atoms with van der Waals surface area (Å²) < 4.78 is 6.61. The van der Waals surface area contributed by atoms with Crippen LogP contribution in [-0.2, 0) is 13.2 Å². The monoisotopic (exact) mass is 326 g/mol. The van der Waals surface area contributed by atoms with Crippen LogP contribution in [0.5, 0.6) is 5.88 Å². The quantitative estimate of drug-likeness (QED) is 0.934. The first-order valence-corrected chi connectivity index (χ1v) is 6.59. The van der Waals surface area contributed by atoms with E-state index in [1.165, 1.54) is 0 Å². The van der Waals surface area contributed by atoms with Crippen molar-refractivity contribution in [1.82, 2.24) is 4.98 Å². The molecule has 0 radical (unpaired) electrons. The first kappa shape index (κ1) is 13.3. The van der Waals surface area contributed by atoms with Gasteiger partial charge in [-0.25, -0.2) is 4.98 Å². The van der Waals surface area contributed by atoms with Gasteiger partial charge in [0.2, 0.25) is 5.88 Å². The highest BCUT2D eigenvalue weighted by molar-refractivity contribution is 9.10. The first-order chi connectivity index (χ1) is 8.72. The van der Waals surface area contributed by atoms with Gasteiger partial charge in [-0.2, -0.15) is 0 Å². The minimum absolute atomic E-state index is 0.368. The third-order valence-corrected chi connectivity index (χ3v) is 3.66. The summed E-state index contributed by atoms with van der Waals surface area (Å²) in [6, 6.07) is 9.63. The van der Waals surface area contributed by atoms with Gasteiger partial charge in [-0.3, -0.25) is 0 Å². The van der Waals surface area contributed by atoms with Gasteiger partial charge in [0.1, 0.15) is 11.6 Å². The molecule has 2 N–H and O–H groups in total. The summed E-state index contributed by atoms with van der Waals surface area (Å²) >= 11 is 9.60. The molecule has 5 heteroatoms. The van der Waals surface area contributed by atoms with Gasteiger partial charge in [0.15, 0.2) is 0 Å². The van der Waals surface area contributed by atoms with E-state index in [2.05, 4.69) is 20.9 Å². The minimum Gasteiger partial charge on any atom is -0.472 e. The number of rotatable bonds is 4. The van der Waals surface area contributed by atoms with Crippen LogP contribution in [0, 0.1) is 0 Å². The number of aromatic nitrogens is 1. The van der Waals surface area contributed by atoms with Gasteiger partial charge in [0.25, 0.3) is 0 Å². The molecule has 2 rings (SSSR count). The van der Waals surface area contributed by atoms with Crippen molar-refractivity contribution in [2.24, 2.45) is 5.73 Å². The van der Waals surface area contributed by atoms with Crippen molar-refractivity contribution in [3.8, 4) is 5.88 Å². The van der Waals surface area contributed by atoms with Crippen LogP contribution in [-0.4, -0.2) is 4.98 Å². The number of ether oxygens (including phenoxy) is 1. The molecule has 18 heavy (non-hydrogen) atoms. The average molecular weight is 328 g/mol. The largest absolute Gasteiger partial charge is 0.472 e. The lowest BCUT2D eigenvalue weighted by molar-refractivity contribution is 0.293. The number of nitrogens with zero attached hydrogens (tertiary/aromatic N) is 1. The normalized spacial score (nSPS) is 10.4. The molecule has 94 valence electrons. The van der Waals surface area contributed by atoms with Crippen LogP contribution in [0.15, 0.2) is 41.0 Å². The summed E-state index contributed by atoms with van der Waals surface area (Å²) in [6.45, 7) is 0.773. The molecule has 1 aromatic carbocycles. The van der Waals surface area contributed by atoms with Gasteiger partial charge in [0.05, 0.1) is 0 Å². The lowest BCUT2D eigenvalue weighted by atomic mass is 10.2. The van der Waals surface area contributed by atoms with Crippen LogP contribution in [0.1, 0.15) is 11.1 Å². The zero-order valence-corrected chi connectivity index (χ0v) is 11.9. The maximum absolute atomic E-state index is 6.14. The highest BCUT2D eigenvalue weighted by Gasteiger charge is 2.08. The molecule has 0 unspecified atom stereocenters. The van der Waals surface area contributed by atoms with E-state index in [-0.39, 0.29) is 0 Å². The molecule has 0 saturated heterocycles. The molecule has 0 aliphatic rings. The zero-order chi connectivity index (χ0) is 13.0. The molecule has 0 amide bonds. The van der Waals surface area contributed by atoms with Crippen LogP contribution in [0.25, 0.3) is 0 Å². The molecule has 0 saturated carbocycles. The molecule has 1 heterocycles. The van der Waals surface area contributed by atoms with Gasteiger partial charge in [-0.05, 0) is 17.7 Å². The van der Waals surface area contributed by atoms with E-state index in [0.717, 1.165) is 15.6 Å². The fourth-order valence-corrected chi connectivity index (χ4v) is 2.12. The van der Waals surface area contributed by atoms with Crippen LogP contribution < -0.4 is 10.5 Å². The number of hydrogen-bond acceptors (Lipinski definition) is 3. The van der Waals surface area contributed by atoms with Crippen molar-refractivity contribution in [1.29, 1.82) is 0 Å². The van der Waals surface area contributed by atoms with E-state index >= 15 is 0 Å². The average Bonchev–Trinajstić information content (AvgIpc) is 2.39. The van der Waals surface area contributed by atoms with Crippen molar-refractivity contribution in [2.45, 2.75) is 13.2 Å². The number of halogens is 2. The molecule has 0 spiro atoms. The molecule has 0 bridgehead atoms. The topological polar surface area (TPSA) is 48.1 Å². The summed E-state index contributed by atoms with van der Waals surface area (Å²) in [5, 5.41) is 0.479. The Hall–Kier alpha value is -1.10. The lowest BCUT2D eigenvalue weighted by Crippen LogP contribution is -2.02. The van der Waals surface area contributed by atoms with Gasteiger partial charge in [-0.1, -0.05) is 45.7 Å². The smallest absolute Gasteiger partial charge is 0.233 e. The van der Waals surface area contributed by atoms with Crippen LogP contribution >= 0.6 is 27.5 Å². The second-order valence-electron chi connectivity index (χ2n) is 3.67. The van der Waals surface area contributed by atoms with Crippen LogP contribution in [0.2, 0.25) is 5.02 Å². The Morgan fingerprint density at radius 1 is 1.22 bits per heavy atom. The fraction of sp³-hybridized carbons (Fsp3) is 0.154. The zero-order valence-electron chi connectivity index (χ0n) is 9.57. The van der Waals surface area contributed by atoms with E-state index < -0.39 is 0 Å². The number of hydrogen-bond donors (Lipinski definition) is 1. The number of pyridine rings is 1. The highest BCUT2D eigenvalue weighted by atomic mass is 79.9. The molecular formula is C13H12BrClN2O. The number of nitrogens with two attached hydrogens (primary N) is 1. The van der Waals surface area contributed by atoms with Crippen molar-refractivity contribution in [3.63, 3.8) is 0 Å². The SMILES string of the molecule is NCc1ccnc(OCc2ccccc2Br)c1Cl. The Balaban J connectivity index is 2.14. The Morgan fingerprint density at radius 2 is 2.00 bits per heavy atom. The second-order valence-corrected chi connectivity index (χ2v) is 4.91. The predicted molar refractivity (Wildman–Crippen MR) is 75.6 cm³/mol. The maximum Gasteiger partial charge on any atom is 0.233 e. The summed E-state index contributed by atoms with van der Waals surface area (Å²) in [4.78, 5) is 4.11. The molecule has 0 fully saturated rings. The van der Waals surface area contributed by atoms with Crippen LogP contribution in [0.4, 0.5) is 0 Å². The summed E-state index contributed by atoms with van der Waals surface area (Å²) in [5.74, 6) is 0.412. The van der Waals surface area contributed by atoms with E-state index in [0.29, 0.717) is 24.1 Å². The number of benzene rings is 1. The van der Waals surface area contributed by atoms with E-state index in [1.807, 2.05) is 24.3 Å². The molecular weight excluding hydrogens is 316 g/mol. The molecule has 1 aromatic heterocycles.